The quantitative estimate of drug-likeness (QED) is 0.451. The molecule has 0 bridgehead atoms. The molecular weight excluding hydrogens is 390 g/mol. The smallest absolute Gasteiger partial charge is 0.228 e. The van der Waals surface area contributed by atoms with Gasteiger partial charge in [0.1, 0.15) is 0 Å². The van der Waals surface area contributed by atoms with E-state index >= 15 is 0 Å². The van der Waals surface area contributed by atoms with E-state index in [9.17, 15) is 0 Å². The van der Waals surface area contributed by atoms with E-state index < -0.39 is 0 Å². The Morgan fingerprint density at radius 1 is 1.28 bits per heavy atom. The predicted octanol–water partition coefficient (Wildman–Crippen LogP) is 3.69. The van der Waals surface area contributed by atoms with E-state index in [2.05, 4.69) is 27.7 Å². The third kappa shape index (κ3) is 6.18. The fraction of sp³-hybridized carbons (Fsp3) is 0.571. The maximum atomic E-state index is 5.92. The van der Waals surface area contributed by atoms with Crippen LogP contribution >= 0.6 is 11.6 Å². The average Bonchev–Trinajstić information content (AvgIpc) is 3.16. The van der Waals surface area contributed by atoms with Crippen molar-refractivity contribution in [2.24, 2.45) is 10.4 Å². The van der Waals surface area contributed by atoms with Crippen molar-refractivity contribution in [2.75, 3.05) is 33.4 Å². The average molecular weight is 420 g/mol. The summed E-state index contributed by atoms with van der Waals surface area (Å²) < 4.78 is 10.6. The van der Waals surface area contributed by atoms with Gasteiger partial charge in [-0.1, -0.05) is 23.2 Å². The molecule has 0 amide bonds. The molecule has 1 fully saturated rings. The number of nitrogens with one attached hydrogen (secondary N) is 2. The lowest BCUT2D eigenvalue weighted by atomic mass is 9.67. The third-order valence-corrected chi connectivity index (χ3v) is 5.62. The fourth-order valence-electron chi connectivity index (χ4n) is 3.43. The molecule has 0 unspecified atom stereocenters. The summed E-state index contributed by atoms with van der Waals surface area (Å²) in [6.07, 6.45) is 5.45. The molecule has 7 nitrogen and oxygen atoms in total. The summed E-state index contributed by atoms with van der Waals surface area (Å²) in [6.45, 7) is 5.18. The molecule has 158 valence electrons. The van der Waals surface area contributed by atoms with Crippen LogP contribution in [0.2, 0.25) is 5.02 Å². The zero-order valence-corrected chi connectivity index (χ0v) is 18.0. The second-order valence-electron chi connectivity index (χ2n) is 7.49. The van der Waals surface area contributed by atoms with E-state index in [1.54, 1.807) is 7.11 Å². The molecule has 2 aromatic rings. The molecule has 1 saturated carbocycles. The molecule has 3 rings (SSSR count). The minimum atomic E-state index is 0.304. The van der Waals surface area contributed by atoms with E-state index in [1.807, 2.05) is 24.3 Å². The summed E-state index contributed by atoms with van der Waals surface area (Å²) >= 11 is 5.92. The molecule has 1 aliphatic carbocycles. The number of aromatic nitrogens is 2. The molecule has 2 N–H and O–H groups in total. The number of benzene rings is 1. The van der Waals surface area contributed by atoms with Crippen LogP contribution in [-0.2, 0) is 11.2 Å². The van der Waals surface area contributed by atoms with E-state index in [1.165, 1.54) is 19.3 Å². The summed E-state index contributed by atoms with van der Waals surface area (Å²) in [5, 5.41) is 11.4. The van der Waals surface area contributed by atoms with Gasteiger partial charge in [0, 0.05) is 50.4 Å². The van der Waals surface area contributed by atoms with Crippen LogP contribution < -0.4 is 10.6 Å². The predicted molar refractivity (Wildman–Crippen MR) is 115 cm³/mol. The third-order valence-electron chi connectivity index (χ3n) is 5.37. The molecule has 0 radical (unpaired) electrons. The first kappa shape index (κ1) is 21.6. The van der Waals surface area contributed by atoms with Gasteiger partial charge in [0.25, 0.3) is 0 Å². The second-order valence-corrected chi connectivity index (χ2v) is 7.92. The summed E-state index contributed by atoms with van der Waals surface area (Å²) in [6, 6.07) is 7.39. The van der Waals surface area contributed by atoms with Gasteiger partial charge >= 0.3 is 0 Å². The van der Waals surface area contributed by atoms with Gasteiger partial charge in [0.15, 0.2) is 5.96 Å². The van der Waals surface area contributed by atoms with Crippen LogP contribution in [0.25, 0.3) is 11.4 Å². The topological polar surface area (TPSA) is 84.6 Å². The van der Waals surface area contributed by atoms with Crippen LogP contribution in [0.3, 0.4) is 0 Å². The van der Waals surface area contributed by atoms with Crippen molar-refractivity contribution in [1.82, 2.24) is 20.8 Å². The highest BCUT2D eigenvalue weighted by Gasteiger charge is 2.36. The van der Waals surface area contributed by atoms with E-state index in [-0.39, 0.29) is 0 Å². The number of nitrogens with zero attached hydrogens (tertiary/aromatic N) is 3. The van der Waals surface area contributed by atoms with Crippen LogP contribution in [0.1, 0.15) is 38.5 Å². The molecule has 8 heteroatoms. The molecule has 1 aliphatic rings. The van der Waals surface area contributed by atoms with Gasteiger partial charge in [0.05, 0.1) is 0 Å². The fourth-order valence-corrected chi connectivity index (χ4v) is 3.56. The van der Waals surface area contributed by atoms with Gasteiger partial charge in [-0.25, -0.2) is 0 Å². The highest BCUT2D eigenvalue weighted by molar-refractivity contribution is 6.30. The molecule has 0 aliphatic heterocycles. The number of aliphatic imine (C=N–C) groups is 1. The zero-order valence-electron chi connectivity index (χ0n) is 17.2. The van der Waals surface area contributed by atoms with Crippen LogP contribution in [0.4, 0.5) is 0 Å². The molecule has 0 atom stereocenters. The van der Waals surface area contributed by atoms with Gasteiger partial charge in [-0.05, 0) is 55.9 Å². The first-order chi connectivity index (χ1) is 14.1. The van der Waals surface area contributed by atoms with Crippen molar-refractivity contribution >= 4 is 17.6 Å². The second kappa shape index (κ2) is 10.6. The maximum Gasteiger partial charge on any atom is 0.228 e. The van der Waals surface area contributed by atoms with Crippen molar-refractivity contribution in [1.29, 1.82) is 0 Å². The van der Waals surface area contributed by atoms with Gasteiger partial charge < -0.3 is 19.9 Å². The van der Waals surface area contributed by atoms with Crippen LogP contribution in [0.5, 0.6) is 0 Å². The number of guanidine groups is 1. The Morgan fingerprint density at radius 3 is 2.72 bits per heavy atom. The Kier molecular flexibility index (Phi) is 7.89. The Morgan fingerprint density at radius 2 is 2.07 bits per heavy atom. The Bertz CT molecular complexity index is 787. The molecule has 1 aromatic carbocycles. The first-order valence-corrected chi connectivity index (χ1v) is 10.6. The van der Waals surface area contributed by atoms with Crippen molar-refractivity contribution < 1.29 is 9.26 Å². The Hall–Kier alpha value is -2.12. The minimum Gasteiger partial charge on any atom is -0.385 e. The van der Waals surface area contributed by atoms with Crippen LogP contribution in [0.15, 0.2) is 33.8 Å². The van der Waals surface area contributed by atoms with Crippen LogP contribution in [-0.4, -0.2) is 49.5 Å². The molecule has 1 aromatic heterocycles. The number of ether oxygens (including phenoxy) is 1. The van der Waals surface area contributed by atoms with Crippen LogP contribution in [0, 0.1) is 5.41 Å². The summed E-state index contributed by atoms with van der Waals surface area (Å²) in [5.41, 5.74) is 1.19. The summed E-state index contributed by atoms with van der Waals surface area (Å²) in [4.78, 5) is 9.27. The van der Waals surface area contributed by atoms with E-state index in [4.69, 9.17) is 25.9 Å². The Balaban J connectivity index is 1.51. The van der Waals surface area contributed by atoms with E-state index in [0.29, 0.717) is 35.1 Å². The van der Waals surface area contributed by atoms with Gasteiger partial charge in [-0.3, -0.25) is 4.99 Å². The highest BCUT2D eigenvalue weighted by atomic mass is 35.5. The minimum absolute atomic E-state index is 0.304. The van der Waals surface area contributed by atoms with Gasteiger partial charge in [-0.15, -0.1) is 0 Å². The normalized spacial score (nSPS) is 15.8. The number of hydrogen-bond donors (Lipinski definition) is 2. The summed E-state index contributed by atoms with van der Waals surface area (Å²) in [7, 11) is 1.76. The lowest BCUT2D eigenvalue weighted by Crippen LogP contribution is -2.41. The number of rotatable bonds is 10. The highest BCUT2D eigenvalue weighted by Crippen LogP contribution is 2.44. The molecule has 29 heavy (non-hydrogen) atoms. The largest absolute Gasteiger partial charge is 0.385 e. The zero-order chi connectivity index (χ0) is 20.5. The van der Waals surface area contributed by atoms with Crippen molar-refractivity contribution in [2.45, 2.75) is 39.0 Å². The summed E-state index contributed by atoms with van der Waals surface area (Å²) in [5.74, 6) is 1.99. The van der Waals surface area contributed by atoms with Crippen molar-refractivity contribution in [3.8, 4) is 11.4 Å². The standard InChI is InChI=1S/C21H30ClN5O2/c1-3-23-20(25-15-21(10-4-11-21)12-14-28-2)24-13-9-18-26-19(27-29-18)16-5-7-17(22)8-6-16/h5-8H,3-4,9-15H2,1-2H3,(H2,23,24,25). The number of hydrogen-bond acceptors (Lipinski definition) is 5. The van der Waals surface area contributed by atoms with Gasteiger partial charge in [0.2, 0.25) is 11.7 Å². The molecule has 0 saturated heterocycles. The van der Waals surface area contributed by atoms with Gasteiger partial charge in [-0.2, -0.15) is 4.98 Å². The van der Waals surface area contributed by atoms with Crippen molar-refractivity contribution in [3.05, 3.63) is 35.2 Å². The van der Waals surface area contributed by atoms with Crippen molar-refractivity contribution in [3.63, 3.8) is 0 Å². The maximum absolute atomic E-state index is 5.92. The molecular formula is C21H30ClN5O2. The monoisotopic (exact) mass is 419 g/mol. The Labute approximate surface area is 177 Å². The lowest BCUT2D eigenvalue weighted by Gasteiger charge is -2.40. The number of halogens is 1. The number of methoxy groups -OCH3 is 1. The van der Waals surface area contributed by atoms with E-state index in [0.717, 1.165) is 37.6 Å². The lowest BCUT2D eigenvalue weighted by molar-refractivity contribution is 0.0778. The first-order valence-electron chi connectivity index (χ1n) is 10.2. The molecule has 0 spiro atoms. The SMILES string of the molecule is CCNC(=NCC1(CCOC)CCC1)NCCc1nc(-c2ccc(Cl)cc2)no1. The molecule has 1 heterocycles.